The zero-order valence-corrected chi connectivity index (χ0v) is 14.5. The van der Waals surface area contributed by atoms with Crippen molar-refractivity contribution in [3.63, 3.8) is 0 Å². The van der Waals surface area contributed by atoms with E-state index in [1.54, 1.807) is 0 Å². The zero-order chi connectivity index (χ0) is 11.0. The minimum atomic E-state index is -0.777. The van der Waals surface area contributed by atoms with Crippen LogP contribution in [0, 0.1) is 12.1 Å². The van der Waals surface area contributed by atoms with Gasteiger partial charge in [-0.15, -0.1) is 0 Å². The SMILES string of the molecule is CCC(C[CH-]PC)CCC[Si](C)(C)C.[V]. The monoisotopic (exact) mass is 282 g/mol. The largest absolute Gasteiger partial charge is 0.305 e. The summed E-state index contributed by atoms with van der Waals surface area (Å²) >= 11 is 0. The Morgan fingerprint density at radius 3 is 2.27 bits per heavy atom. The van der Waals surface area contributed by atoms with Gasteiger partial charge in [-0.05, 0) is 0 Å². The molecule has 0 rings (SSSR count). The van der Waals surface area contributed by atoms with Crippen molar-refractivity contribution >= 4 is 16.7 Å². The van der Waals surface area contributed by atoms with E-state index in [4.69, 9.17) is 0 Å². The van der Waals surface area contributed by atoms with Crippen LogP contribution < -0.4 is 0 Å². The third-order valence-electron chi connectivity index (χ3n) is 2.77. The molecular formula is C12H28PSiV-. The maximum atomic E-state index is 2.48. The first-order valence-electron chi connectivity index (χ1n) is 5.98. The molecule has 0 N–H and O–H groups in total. The quantitative estimate of drug-likeness (QED) is 0.334. The molecule has 3 heteroatoms. The van der Waals surface area contributed by atoms with E-state index in [1.807, 2.05) is 0 Å². The van der Waals surface area contributed by atoms with Crippen molar-refractivity contribution in [2.24, 2.45) is 5.92 Å². The van der Waals surface area contributed by atoms with Gasteiger partial charge < -0.3 is 6.16 Å². The first-order chi connectivity index (χ1) is 6.49. The van der Waals surface area contributed by atoms with Gasteiger partial charge in [0.25, 0.3) is 0 Å². The van der Waals surface area contributed by atoms with Gasteiger partial charge in [-0.2, -0.15) is 6.42 Å². The second-order valence-electron chi connectivity index (χ2n) is 5.46. The van der Waals surface area contributed by atoms with Crippen LogP contribution in [-0.2, 0) is 18.6 Å². The first-order valence-corrected chi connectivity index (χ1v) is 11.3. The molecule has 0 fully saturated rings. The van der Waals surface area contributed by atoms with E-state index >= 15 is 0 Å². The second-order valence-corrected chi connectivity index (χ2v) is 12.1. The van der Waals surface area contributed by atoms with Crippen LogP contribution in [0.15, 0.2) is 0 Å². The summed E-state index contributed by atoms with van der Waals surface area (Å²) in [6, 6.07) is 1.51. The van der Waals surface area contributed by atoms with Crippen molar-refractivity contribution in [1.82, 2.24) is 0 Å². The van der Waals surface area contributed by atoms with Crippen LogP contribution >= 0.6 is 8.58 Å². The molecule has 0 saturated heterocycles. The van der Waals surface area contributed by atoms with E-state index < -0.39 is 8.07 Å². The fourth-order valence-corrected chi connectivity index (χ4v) is 3.53. The summed E-state index contributed by atoms with van der Waals surface area (Å²) in [5.41, 5.74) is 0. The minimum absolute atomic E-state index is 0. The summed E-state index contributed by atoms with van der Waals surface area (Å²) in [5, 5.41) is 0. The standard InChI is InChI=1S/C12H28PSi.V/c1-6-12(9-10-13-2)8-7-11-14(3,4)5;/h10,12-13H,6-9,11H2,1-5H3;/q-1;. The Labute approximate surface area is 112 Å². The molecule has 0 aliphatic carbocycles. The average Bonchev–Trinajstić information content (AvgIpc) is 2.09. The Morgan fingerprint density at radius 1 is 1.27 bits per heavy atom. The molecule has 2 unspecified atom stereocenters. The summed E-state index contributed by atoms with van der Waals surface area (Å²) in [6.45, 7) is 12.1. The number of hydrogen-bond acceptors (Lipinski definition) is 0. The van der Waals surface area contributed by atoms with Crippen molar-refractivity contribution in [3.05, 3.63) is 6.16 Å². The van der Waals surface area contributed by atoms with Gasteiger partial charge in [-0.25, -0.2) is 0 Å². The molecule has 0 spiro atoms. The molecule has 1 radical (unpaired) electrons. The maximum Gasteiger partial charge on any atom is 0.0442 e. The van der Waals surface area contributed by atoms with E-state index in [9.17, 15) is 0 Å². The summed E-state index contributed by atoms with van der Waals surface area (Å²) in [6.07, 6.45) is 8.13. The third-order valence-corrected chi connectivity index (χ3v) is 5.27. The van der Waals surface area contributed by atoms with Crippen LogP contribution in [-0.4, -0.2) is 14.7 Å². The minimum Gasteiger partial charge on any atom is -0.305 e. The predicted molar refractivity (Wildman–Crippen MR) is 74.3 cm³/mol. The fraction of sp³-hybridized carbons (Fsp3) is 0.917. The second kappa shape index (κ2) is 10.4. The number of rotatable bonds is 8. The van der Waals surface area contributed by atoms with Crippen molar-refractivity contribution in [2.45, 2.75) is 58.3 Å². The Morgan fingerprint density at radius 2 is 1.87 bits per heavy atom. The number of hydrogen-bond donors (Lipinski definition) is 0. The predicted octanol–water partition coefficient (Wildman–Crippen LogP) is 4.99. The van der Waals surface area contributed by atoms with E-state index in [2.05, 4.69) is 39.4 Å². The molecule has 2 atom stereocenters. The average molecular weight is 282 g/mol. The van der Waals surface area contributed by atoms with Crippen LogP contribution in [0.4, 0.5) is 0 Å². The Bertz CT molecular complexity index is 134. The zero-order valence-electron chi connectivity index (χ0n) is 11.1. The van der Waals surface area contributed by atoms with Crippen molar-refractivity contribution in [2.75, 3.05) is 6.66 Å². The Balaban J connectivity index is 0. The molecule has 0 amide bonds. The van der Waals surface area contributed by atoms with Gasteiger partial charge in [-0.3, -0.25) is 8.58 Å². The molecule has 15 heavy (non-hydrogen) atoms. The van der Waals surface area contributed by atoms with Gasteiger partial charge in [0, 0.05) is 26.6 Å². The summed E-state index contributed by atoms with van der Waals surface area (Å²) in [7, 11) is 0.255. The van der Waals surface area contributed by atoms with Crippen LogP contribution in [0.1, 0.15) is 32.6 Å². The van der Waals surface area contributed by atoms with E-state index in [0.717, 1.165) is 14.5 Å². The summed E-state index contributed by atoms with van der Waals surface area (Å²) < 4.78 is 0. The molecule has 0 heterocycles. The Hall–Kier alpha value is 1.23. The van der Waals surface area contributed by atoms with Crippen LogP contribution in [0.2, 0.25) is 25.7 Å². The summed E-state index contributed by atoms with van der Waals surface area (Å²) in [5.74, 6) is 0.971. The molecular weight excluding hydrogens is 254 g/mol. The smallest absolute Gasteiger partial charge is 0.0442 e. The molecule has 0 saturated carbocycles. The third kappa shape index (κ3) is 13.2. The van der Waals surface area contributed by atoms with Gasteiger partial charge in [0.05, 0.1) is 0 Å². The van der Waals surface area contributed by atoms with Crippen LogP contribution in [0.25, 0.3) is 0 Å². The maximum absolute atomic E-state index is 2.48. The van der Waals surface area contributed by atoms with Gasteiger partial charge >= 0.3 is 0 Å². The fourth-order valence-electron chi connectivity index (χ4n) is 1.69. The molecule has 0 bridgehead atoms. The van der Waals surface area contributed by atoms with E-state index in [0.29, 0.717) is 0 Å². The molecule has 0 nitrogen and oxygen atoms in total. The van der Waals surface area contributed by atoms with Crippen LogP contribution in [0.3, 0.4) is 0 Å². The van der Waals surface area contributed by atoms with Crippen molar-refractivity contribution < 1.29 is 18.6 Å². The van der Waals surface area contributed by atoms with E-state index in [-0.39, 0.29) is 18.6 Å². The molecule has 0 aliphatic rings. The molecule has 0 aliphatic heterocycles. The molecule has 91 valence electrons. The van der Waals surface area contributed by atoms with Crippen molar-refractivity contribution in [3.8, 4) is 0 Å². The van der Waals surface area contributed by atoms with Gasteiger partial charge in [0.1, 0.15) is 0 Å². The van der Waals surface area contributed by atoms with Gasteiger partial charge in [0.2, 0.25) is 0 Å². The Kier molecular flexibility index (Phi) is 12.9. The normalized spacial score (nSPS) is 14.2. The molecule has 0 aromatic rings. The molecule has 0 aromatic heterocycles. The first kappa shape index (κ1) is 18.6. The van der Waals surface area contributed by atoms with Crippen molar-refractivity contribution in [1.29, 1.82) is 0 Å². The topological polar surface area (TPSA) is 0 Å². The van der Waals surface area contributed by atoms with Gasteiger partial charge in [0.15, 0.2) is 0 Å². The van der Waals surface area contributed by atoms with Gasteiger partial charge in [-0.1, -0.05) is 64.5 Å². The summed E-state index contributed by atoms with van der Waals surface area (Å²) in [4.78, 5) is 0. The van der Waals surface area contributed by atoms with Crippen LogP contribution in [0.5, 0.6) is 0 Å². The van der Waals surface area contributed by atoms with E-state index in [1.165, 1.54) is 31.7 Å². The molecule has 0 aromatic carbocycles.